The Kier molecular flexibility index (Phi) is 11.3. The minimum Gasteiger partial charge on any atom is -1.00 e. The molecular weight excluding hydrogens is 292 g/mol. The van der Waals surface area contributed by atoms with Crippen LogP contribution >= 0.6 is 0 Å². The van der Waals surface area contributed by atoms with Crippen molar-refractivity contribution < 1.29 is 47.8 Å². The molecule has 0 spiro atoms. The van der Waals surface area contributed by atoms with Crippen molar-refractivity contribution in [2.75, 3.05) is 6.61 Å². The van der Waals surface area contributed by atoms with Crippen molar-refractivity contribution in [3.05, 3.63) is 0 Å². The molecule has 0 aromatic heterocycles. The number of rotatable bonds is 6. The molecule has 0 aliphatic heterocycles. The molecule has 0 amide bonds. The van der Waals surface area contributed by atoms with Crippen LogP contribution in [0.1, 0.15) is 9.78 Å². The van der Waals surface area contributed by atoms with Crippen molar-refractivity contribution in [2.45, 2.75) is 37.4 Å². The molecule has 0 aromatic carbocycles. The van der Waals surface area contributed by atoms with Crippen molar-refractivity contribution in [3.63, 3.8) is 0 Å². The van der Waals surface area contributed by atoms with E-state index < -0.39 is 49.1 Å². The van der Waals surface area contributed by atoms with Crippen LogP contribution in [0.25, 0.3) is 0 Å². The maximum absolute atomic E-state index is 11.1. The van der Waals surface area contributed by atoms with E-state index in [1.807, 2.05) is 0 Å². The van der Waals surface area contributed by atoms with E-state index in [-0.39, 0.29) is 40.6 Å². The van der Waals surface area contributed by atoms with Gasteiger partial charge in [-0.25, -0.2) is 9.59 Å². The minimum atomic E-state index is -2.32. The fourth-order valence-corrected chi connectivity index (χ4v) is 0.907. The van der Waals surface area contributed by atoms with Gasteiger partial charge in [0.15, 0.2) is 6.10 Å². The number of carbonyl (C=O) groups excluding carboxylic acids is 2. The van der Waals surface area contributed by atoms with Gasteiger partial charge in [-0.15, -0.1) is 0 Å². The summed E-state index contributed by atoms with van der Waals surface area (Å²) in [5, 5.41) is 53.9. The standard InChI is InChI=1S/C9H16O9.Ca.2H/c1-3(11)8(16)18-9(17)7(15)6(14)5(13)4(12)2-10;;;/h3-7,10-15H,2H2,1H3;;;/q;+2;2*-1/t3?,4-,5-,6+,7-;;;/m1.../s1. The van der Waals surface area contributed by atoms with Gasteiger partial charge in [0.2, 0.25) is 0 Å². The number of carbonyl (C=O) groups is 2. The summed E-state index contributed by atoms with van der Waals surface area (Å²) in [6.45, 7) is 0.107. The number of ether oxygens (including phenoxy) is 1. The summed E-state index contributed by atoms with van der Waals surface area (Å²) in [6, 6.07) is 0. The summed E-state index contributed by atoms with van der Waals surface area (Å²) in [4.78, 5) is 21.9. The Morgan fingerprint density at radius 3 is 1.89 bits per heavy atom. The molecular formula is C9H18CaO9. The topological polar surface area (TPSA) is 165 Å². The normalized spacial score (nSPS) is 18.5. The summed E-state index contributed by atoms with van der Waals surface area (Å²) in [7, 11) is 0. The fourth-order valence-electron chi connectivity index (χ4n) is 0.907. The zero-order valence-electron chi connectivity index (χ0n) is 12.2. The summed E-state index contributed by atoms with van der Waals surface area (Å²) >= 11 is 0. The smallest absolute Gasteiger partial charge is 1.00 e. The van der Waals surface area contributed by atoms with E-state index in [4.69, 9.17) is 15.3 Å². The average molecular weight is 310 g/mol. The van der Waals surface area contributed by atoms with Crippen molar-refractivity contribution in [1.82, 2.24) is 0 Å². The summed E-state index contributed by atoms with van der Waals surface area (Å²) < 4.78 is 3.97. The number of aliphatic hydroxyl groups is 6. The fraction of sp³-hybridized carbons (Fsp3) is 0.778. The van der Waals surface area contributed by atoms with Gasteiger partial charge in [0.1, 0.15) is 24.4 Å². The van der Waals surface area contributed by atoms with Crippen LogP contribution in [0.5, 0.6) is 0 Å². The first-order valence-electron chi connectivity index (χ1n) is 4.99. The van der Waals surface area contributed by atoms with Gasteiger partial charge in [0.25, 0.3) is 0 Å². The Labute approximate surface area is 141 Å². The maximum atomic E-state index is 11.1. The van der Waals surface area contributed by atoms with Gasteiger partial charge in [0.05, 0.1) is 6.61 Å². The van der Waals surface area contributed by atoms with Crippen LogP contribution in [0, 0.1) is 0 Å². The number of hydrogen-bond acceptors (Lipinski definition) is 9. The first-order chi connectivity index (χ1) is 8.22. The Hall–Kier alpha value is 0.160. The molecule has 110 valence electrons. The summed E-state index contributed by atoms with van der Waals surface area (Å²) in [6.07, 6.45) is -9.88. The molecule has 0 heterocycles. The van der Waals surface area contributed by atoms with E-state index in [1.165, 1.54) is 0 Å². The Morgan fingerprint density at radius 2 is 1.53 bits per heavy atom. The molecule has 6 N–H and O–H groups in total. The Balaban J connectivity index is -0.000000482. The molecule has 0 aromatic rings. The largest absolute Gasteiger partial charge is 2.00 e. The summed E-state index contributed by atoms with van der Waals surface area (Å²) in [5.41, 5.74) is 0. The average Bonchev–Trinajstić information content (AvgIpc) is 2.34. The van der Waals surface area contributed by atoms with Gasteiger partial charge >= 0.3 is 49.7 Å². The molecule has 0 saturated carbocycles. The number of hydrogen-bond donors (Lipinski definition) is 6. The van der Waals surface area contributed by atoms with Gasteiger partial charge < -0.3 is 38.2 Å². The molecule has 0 rings (SSSR count). The molecule has 5 atom stereocenters. The number of aliphatic hydroxyl groups excluding tert-OH is 6. The van der Waals surface area contributed by atoms with E-state index in [0.717, 1.165) is 6.92 Å². The van der Waals surface area contributed by atoms with Gasteiger partial charge in [0, 0.05) is 0 Å². The van der Waals surface area contributed by atoms with Gasteiger partial charge in [-0.05, 0) is 6.92 Å². The first-order valence-corrected chi connectivity index (χ1v) is 4.99. The van der Waals surface area contributed by atoms with Crippen LogP contribution in [0.15, 0.2) is 0 Å². The van der Waals surface area contributed by atoms with Crippen LogP contribution in [0.2, 0.25) is 0 Å². The third kappa shape index (κ3) is 6.93. The predicted molar refractivity (Wildman–Crippen MR) is 61.9 cm³/mol. The first kappa shape index (κ1) is 21.5. The Morgan fingerprint density at radius 1 is 1.05 bits per heavy atom. The van der Waals surface area contributed by atoms with Gasteiger partial charge in [-0.3, -0.25) is 0 Å². The number of esters is 2. The molecule has 19 heavy (non-hydrogen) atoms. The SMILES string of the molecule is CC(O)C(=O)OC(=O)[C@H](O)[C@@H](O)[C@H](O)[C@H](O)CO.[Ca+2].[H-].[H-]. The molecule has 0 aliphatic carbocycles. The quantitative estimate of drug-likeness (QED) is 0.162. The van der Waals surface area contributed by atoms with Crippen LogP contribution < -0.4 is 0 Å². The minimum absolute atomic E-state index is 0. The second-order valence-corrected chi connectivity index (χ2v) is 3.59. The predicted octanol–water partition coefficient (Wildman–Crippen LogP) is -4.28. The van der Waals surface area contributed by atoms with E-state index in [9.17, 15) is 24.9 Å². The molecule has 0 saturated heterocycles. The van der Waals surface area contributed by atoms with Crippen LogP contribution in [-0.4, -0.2) is 117 Å². The van der Waals surface area contributed by atoms with Gasteiger partial charge in [-0.1, -0.05) is 0 Å². The Bertz CT molecular complexity index is 305. The molecule has 1 unspecified atom stereocenters. The third-order valence-electron chi connectivity index (χ3n) is 2.04. The molecule has 9 nitrogen and oxygen atoms in total. The van der Waals surface area contributed by atoms with Crippen LogP contribution in [0.4, 0.5) is 0 Å². The molecule has 0 radical (unpaired) electrons. The van der Waals surface area contributed by atoms with Crippen LogP contribution in [0.3, 0.4) is 0 Å². The molecule has 0 aliphatic rings. The zero-order valence-corrected chi connectivity index (χ0v) is 12.4. The maximum Gasteiger partial charge on any atom is 2.00 e. The third-order valence-corrected chi connectivity index (χ3v) is 2.04. The van der Waals surface area contributed by atoms with Crippen molar-refractivity contribution in [2.24, 2.45) is 0 Å². The van der Waals surface area contributed by atoms with Crippen molar-refractivity contribution in [3.8, 4) is 0 Å². The second kappa shape index (κ2) is 9.97. The second-order valence-electron chi connectivity index (χ2n) is 3.59. The molecule has 10 heteroatoms. The summed E-state index contributed by atoms with van der Waals surface area (Å²) in [5.74, 6) is -2.94. The van der Waals surface area contributed by atoms with Crippen LogP contribution in [-0.2, 0) is 14.3 Å². The van der Waals surface area contributed by atoms with Crippen molar-refractivity contribution in [1.29, 1.82) is 0 Å². The van der Waals surface area contributed by atoms with E-state index in [2.05, 4.69) is 4.74 Å². The molecule has 0 bridgehead atoms. The van der Waals surface area contributed by atoms with Gasteiger partial charge in [-0.2, -0.15) is 0 Å². The van der Waals surface area contributed by atoms with Crippen molar-refractivity contribution >= 4 is 49.7 Å². The van der Waals surface area contributed by atoms with E-state index in [1.54, 1.807) is 0 Å². The monoisotopic (exact) mass is 310 g/mol. The van der Waals surface area contributed by atoms with E-state index in [0.29, 0.717) is 0 Å². The van der Waals surface area contributed by atoms with E-state index >= 15 is 0 Å². The zero-order chi connectivity index (χ0) is 14.5. The molecule has 0 fully saturated rings.